The van der Waals surface area contributed by atoms with E-state index in [4.69, 9.17) is 15.9 Å². The highest BCUT2D eigenvalue weighted by Gasteiger charge is 1.11. The first-order chi connectivity index (χ1) is 2.41. The van der Waals surface area contributed by atoms with Gasteiger partial charge in [0, 0.05) is 10.8 Å². The summed E-state index contributed by atoms with van der Waals surface area (Å²) in [7, 11) is 0. The second-order valence-corrected chi connectivity index (χ2v) is 0.183. The molecule has 0 aliphatic heterocycles. The molecule has 0 heterocycles. The van der Waals surface area contributed by atoms with Crippen LogP contribution in [-0.2, 0) is 0 Å². The van der Waals surface area contributed by atoms with Crippen molar-refractivity contribution in [1.29, 1.82) is 10.8 Å². The van der Waals surface area contributed by atoms with Crippen molar-refractivity contribution in [3.05, 3.63) is 12.8 Å². The molecule has 5 heavy (non-hydrogen) atoms. The van der Waals surface area contributed by atoms with Gasteiger partial charge in [-0.3, -0.25) is 0 Å². The number of nitrogens with zero attached hydrogens (tertiary/aromatic N) is 2. The minimum atomic E-state index is 0.750. The van der Waals surface area contributed by atoms with E-state index in [0.29, 0.717) is 0 Å². The smallest absolute Gasteiger partial charge is 0.0719 e. The lowest BCUT2D eigenvalue weighted by Crippen LogP contribution is -1.25. The molecule has 0 radical (unpaired) electrons. The second kappa shape index (κ2) is 7110. The van der Waals surface area contributed by atoms with Crippen LogP contribution in [0, 0.1) is 10.8 Å². The highest BCUT2D eigenvalue weighted by molar-refractivity contribution is 4.38. The first kappa shape index (κ1) is 9.03. The predicted octanol–water partition coefficient (Wildman–Crippen LogP) is 0.718. The Morgan fingerprint density at radius 1 is 1.60 bits per heavy atom. The first-order valence-corrected chi connectivity index (χ1v) is 0.866. The van der Waals surface area contributed by atoms with E-state index in [1.165, 1.54) is 0 Å². The number of hydrogen-bond donors (Lipinski definition) is 1. The summed E-state index contributed by atoms with van der Waals surface area (Å²) < 4.78 is 0. The molecule has 0 fully saturated rings. The molecule has 0 aromatic heterocycles. The van der Waals surface area contributed by atoms with Crippen LogP contribution in [0.25, 0.3) is 0 Å². The topological polar surface area (TPSA) is 67.8 Å². The highest BCUT2D eigenvalue weighted by atomic mass is 16.2. The van der Waals surface area contributed by atoms with Gasteiger partial charge in [0.15, 0.2) is 0 Å². The normalized spacial score (nSPS) is 2.80. The van der Waals surface area contributed by atoms with Crippen LogP contribution in [0.3, 0.4) is 0 Å². The van der Waals surface area contributed by atoms with Crippen LogP contribution in [0.4, 0.5) is 0 Å². The predicted molar refractivity (Wildman–Crippen MR) is 16.3 cm³/mol. The number of aliphatic hydroxyl groups excluding tert-OH is 1. The largest absolute Gasteiger partial charge is 0.516 e. The van der Waals surface area contributed by atoms with Crippen molar-refractivity contribution in [1.82, 2.24) is 0 Å². The SMILES string of the molecule is C=CO.N#N. The number of rotatable bonds is 0. The molecule has 0 aliphatic carbocycles. The molecular weight excluding hydrogens is 68.0 g/mol. The molecule has 3 nitrogen and oxygen atoms in total. The quantitative estimate of drug-likeness (QED) is 0.338. The van der Waals surface area contributed by atoms with Crippen LogP contribution in [0.2, 0.25) is 0 Å². The van der Waals surface area contributed by atoms with Gasteiger partial charge in [-0.1, -0.05) is 6.58 Å². The lowest BCUT2D eigenvalue weighted by molar-refractivity contribution is 0.476. The van der Waals surface area contributed by atoms with Crippen LogP contribution >= 0.6 is 0 Å². The molecular formula is C2H4N2O. The minimum Gasteiger partial charge on any atom is -0.516 e. The van der Waals surface area contributed by atoms with Crippen molar-refractivity contribution < 1.29 is 5.11 Å². The summed E-state index contributed by atoms with van der Waals surface area (Å²) in [6.45, 7) is 2.92. The third-order valence-corrected chi connectivity index (χ3v) is 0. The Kier molecular flexibility index (Phi) is 12800. The van der Waals surface area contributed by atoms with Crippen LogP contribution in [0.5, 0.6) is 0 Å². The third-order valence-electron chi connectivity index (χ3n) is 0. The van der Waals surface area contributed by atoms with E-state index in [9.17, 15) is 0 Å². The maximum atomic E-state index is 7.33. The summed E-state index contributed by atoms with van der Waals surface area (Å²) in [5.74, 6) is 0. The van der Waals surface area contributed by atoms with E-state index >= 15 is 0 Å². The average Bonchev–Trinajstić information content (AvgIpc) is 1.46. The van der Waals surface area contributed by atoms with E-state index in [1.54, 1.807) is 0 Å². The van der Waals surface area contributed by atoms with Gasteiger partial charge in [0.1, 0.15) is 0 Å². The molecule has 0 aromatic carbocycles. The van der Waals surface area contributed by atoms with Crippen molar-refractivity contribution in [3.63, 3.8) is 0 Å². The second-order valence-electron chi connectivity index (χ2n) is 0.183. The average molecular weight is 72.1 g/mol. The lowest BCUT2D eigenvalue weighted by Gasteiger charge is -1.41. The molecule has 1 N–H and O–H groups in total. The zero-order valence-electron chi connectivity index (χ0n) is 2.63. The molecule has 0 bridgehead atoms. The van der Waals surface area contributed by atoms with Crippen LogP contribution in [0.1, 0.15) is 0 Å². The maximum absolute atomic E-state index is 7.33. The van der Waals surface area contributed by atoms with Gasteiger partial charge in [0.2, 0.25) is 0 Å². The van der Waals surface area contributed by atoms with Gasteiger partial charge in [-0.2, -0.15) is 0 Å². The molecule has 3 heteroatoms. The molecule has 0 rings (SSSR count). The molecule has 0 aromatic rings. The molecule has 0 aliphatic rings. The van der Waals surface area contributed by atoms with Crippen molar-refractivity contribution >= 4 is 0 Å². The summed E-state index contributed by atoms with van der Waals surface area (Å²) in [5, 5.41) is 19.3. The van der Waals surface area contributed by atoms with E-state index < -0.39 is 0 Å². The maximum Gasteiger partial charge on any atom is 0.0719 e. The zero-order valence-corrected chi connectivity index (χ0v) is 2.63. The molecule has 28 valence electrons. The van der Waals surface area contributed by atoms with Crippen LogP contribution in [0.15, 0.2) is 12.8 Å². The van der Waals surface area contributed by atoms with Gasteiger partial charge in [-0.25, -0.2) is 0 Å². The Labute approximate surface area is 30.0 Å². The molecule has 0 amide bonds. The fraction of sp³-hybridized carbons (Fsp3) is 0. The van der Waals surface area contributed by atoms with E-state index in [2.05, 4.69) is 6.58 Å². The van der Waals surface area contributed by atoms with Gasteiger partial charge >= 0.3 is 0 Å². The third kappa shape index (κ3) is 2.52. The summed E-state index contributed by atoms with van der Waals surface area (Å²) in [4.78, 5) is 0. The first-order valence-electron chi connectivity index (χ1n) is 0.866. The molecule has 0 unspecified atom stereocenters. The summed E-state index contributed by atoms with van der Waals surface area (Å²) >= 11 is 0. The Morgan fingerprint density at radius 2 is 1.60 bits per heavy atom. The Bertz CT molecular complexity index is 31.9. The summed E-state index contributed by atoms with van der Waals surface area (Å²) in [6.07, 6.45) is 0.750. The van der Waals surface area contributed by atoms with E-state index in [1.807, 2.05) is 0 Å². The van der Waals surface area contributed by atoms with Gasteiger partial charge < -0.3 is 5.11 Å². The molecule has 0 atom stereocenters. The zero-order chi connectivity index (χ0) is 4.71. The fourth-order valence-corrected chi connectivity index (χ4v) is 0. The minimum absolute atomic E-state index is 0.750. The van der Waals surface area contributed by atoms with Gasteiger partial charge in [-0.15, -0.1) is 0 Å². The number of aliphatic hydroxyl groups is 1. The lowest BCUT2D eigenvalue weighted by atomic mass is 11.2. The van der Waals surface area contributed by atoms with E-state index in [-0.39, 0.29) is 0 Å². The fourth-order valence-electron chi connectivity index (χ4n) is 0. The highest BCUT2D eigenvalue weighted by Crippen LogP contribution is 1.26. The van der Waals surface area contributed by atoms with Gasteiger partial charge in [-0.05, 0) is 0 Å². The van der Waals surface area contributed by atoms with Crippen molar-refractivity contribution in [2.75, 3.05) is 0 Å². The van der Waals surface area contributed by atoms with Crippen LogP contribution in [-0.4, -0.2) is 5.11 Å². The Balaban J connectivity index is 0. The Hall–Kier alpha value is -1.04. The molecule has 0 saturated carbocycles. The summed E-state index contributed by atoms with van der Waals surface area (Å²) in [6, 6.07) is 0. The van der Waals surface area contributed by atoms with Gasteiger partial charge in [0.25, 0.3) is 0 Å². The monoisotopic (exact) mass is 72.0 g/mol. The van der Waals surface area contributed by atoms with Crippen molar-refractivity contribution in [3.8, 4) is 0 Å². The Morgan fingerprint density at radius 3 is 1.60 bits per heavy atom. The van der Waals surface area contributed by atoms with Crippen LogP contribution < -0.4 is 0 Å². The molecule has 0 spiro atoms. The van der Waals surface area contributed by atoms with Gasteiger partial charge in [0.05, 0.1) is 6.26 Å². The summed E-state index contributed by atoms with van der Waals surface area (Å²) in [5.41, 5.74) is 0. The number of hydrogen-bond acceptors (Lipinski definition) is 3. The van der Waals surface area contributed by atoms with Crippen molar-refractivity contribution in [2.45, 2.75) is 0 Å². The van der Waals surface area contributed by atoms with E-state index in [0.717, 1.165) is 6.26 Å². The standard InChI is InChI=1S/C2H4O.N2/c1-2-3;1-2/h2-3H,1H2;. The molecule has 0 saturated heterocycles. The van der Waals surface area contributed by atoms with Crippen molar-refractivity contribution in [2.24, 2.45) is 0 Å².